The van der Waals surface area contributed by atoms with Crippen LogP contribution < -0.4 is 5.73 Å². The fraction of sp³-hybridized carbons (Fsp3) is 0.200. The number of hydrogen-bond donors (Lipinski definition) is 1. The van der Waals surface area contributed by atoms with Gasteiger partial charge in [0, 0.05) is 10.4 Å². The highest BCUT2D eigenvalue weighted by Gasteiger charge is 2.10. The van der Waals surface area contributed by atoms with Crippen molar-refractivity contribution in [1.29, 1.82) is 0 Å². The van der Waals surface area contributed by atoms with E-state index in [2.05, 4.69) is 18.4 Å². The van der Waals surface area contributed by atoms with E-state index in [9.17, 15) is 0 Å². The first-order valence-electron chi connectivity index (χ1n) is 4.10. The normalized spacial score (nSPS) is 13.1. The van der Waals surface area contributed by atoms with Gasteiger partial charge in [0.25, 0.3) is 0 Å². The molecule has 2 heterocycles. The molecule has 0 bridgehead atoms. The van der Waals surface area contributed by atoms with E-state index in [0.717, 1.165) is 11.1 Å². The number of hydrogen-bond acceptors (Lipinski definition) is 3. The summed E-state index contributed by atoms with van der Waals surface area (Å²) in [5.74, 6) is 0. The van der Waals surface area contributed by atoms with E-state index in [0.29, 0.717) is 0 Å². The van der Waals surface area contributed by atoms with Gasteiger partial charge >= 0.3 is 0 Å². The van der Waals surface area contributed by atoms with Crippen LogP contribution in [0.3, 0.4) is 0 Å². The van der Waals surface area contributed by atoms with Crippen molar-refractivity contribution >= 4 is 11.3 Å². The topological polar surface area (TPSA) is 39.2 Å². The van der Waals surface area contributed by atoms with Crippen LogP contribution in [0.1, 0.15) is 22.0 Å². The first-order chi connectivity index (χ1) is 6.27. The summed E-state index contributed by atoms with van der Waals surface area (Å²) < 4.78 is 4.99. The first-order valence-corrected chi connectivity index (χ1v) is 4.98. The van der Waals surface area contributed by atoms with E-state index in [4.69, 9.17) is 10.2 Å². The van der Waals surface area contributed by atoms with Crippen molar-refractivity contribution in [1.82, 2.24) is 0 Å². The third-order valence-corrected chi connectivity index (χ3v) is 2.89. The molecule has 2 aromatic rings. The molecule has 13 heavy (non-hydrogen) atoms. The molecule has 0 fully saturated rings. The Morgan fingerprint density at radius 3 is 2.85 bits per heavy atom. The summed E-state index contributed by atoms with van der Waals surface area (Å²) in [6.45, 7) is 2.08. The van der Waals surface area contributed by atoms with Gasteiger partial charge in [0.05, 0.1) is 18.6 Å². The molecule has 0 spiro atoms. The van der Waals surface area contributed by atoms with E-state index in [1.54, 1.807) is 23.9 Å². The molecule has 3 heteroatoms. The largest absolute Gasteiger partial charge is 0.472 e. The van der Waals surface area contributed by atoms with Crippen LogP contribution in [0.25, 0.3) is 0 Å². The lowest BCUT2D eigenvalue weighted by Gasteiger charge is -2.05. The maximum absolute atomic E-state index is 6.02. The number of thiophene rings is 1. The monoisotopic (exact) mass is 193 g/mol. The lowest BCUT2D eigenvalue weighted by Crippen LogP contribution is -2.09. The molecular weight excluding hydrogens is 182 g/mol. The number of nitrogens with two attached hydrogens (primary N) is 1. The smallest absolute Gasteiger partial charge is 0.0953 e. The zero-order valence-corrected chi connectivity index (χ0v) is 8.17. The van der Waals surface area contributed by atoms with Crippen molar-refractivity contribution in [2.24, 2.45) is 5.73 Å². The van der Waals surface area contributed by atoms with Crippen molar-refractivity contribution in [2.45, 2.75) is 13.0 Å². The van der Waals surface area contributed by atoms with Crippen LogP contribution in [0.2, 0.25) is 0 Å². The second-order valence-corrected chi connectivity index (χ2v) is 4.14. The van der Waals surface area contributed by atoms with Crippen molar-refractivity contribution in [3.8, 4) is 0 Å². The van der Waals surface area contributed by atoms with Gasteiger partial charge in [-0.25, -0.2) is 0 Å². The lowest BCUT2D eigenvalue weighted by atomic mass is 10.1. The number of aryl methyl sites for hydroxylation is 1. The molecule has 0 aliphatic rings. The van der Waals surface area contributed by atoms with E-state index in [1.807, 2.05) is 6.07 Å². The van der Waals surface area contributed by atoms with Crippen LogP contribution in [0.4, 0.5) is 0 Å². The summed E-state index contributed by atoms with van der Waals surface area (Å²) >= 11 is 1.72. The molecule has 2 N–H and O–H groups in total. The molecule has 2 nitrogen and oxygen atoms in total. The second-order valence-electron chi connectivity index (χ2n) is 3.03. The Morgan fingerprint density at radius 1 is 1.46 bits per heavy atom. The quantitative estimate of drug-likeness (QED) is 0.796. The maximum Gasteiger partial charge on any atom is 0.0953 e. The van der Waals surface area contributed by atoms with Gasteiger partial charge in [0.15, 0.2) is 0 Å². The van der Waals surface area contributed by atoms with Gasteiger partial charge in [-0.1, -0.05) is 0 Å². The van der Waals surface area contributed by atoms with E-state index >= 15 is 0 Å². The molecule has 2 rings (SSSR count). The van der Waals surface area contributed by atoms with Crippen LogP contribution in [0, 0.1) is 6.92 Å². The van der Waals surface area contributed by atoms with Crippen LogP contribution in [-0.2, 0) is 0 Å². The summed E-state index contributed by atoms with van der Waals surface area (Å²) in [5.41, 5.74) is 8.20. The van der Waals surface area contributed by atoms with Crippen molar-refractivity contribution < 1.29 is 4.42 Å². The van der Waals surface area contributed by atoms with Gasteiger partial charge in [-0.3, -0.25) is 0 Å². The zero-order valence-electron chi connectivity index (χ0n) is 7.36. The molecule has 2 aromatic heterocycles. The van der Waals surface area contributed by atoms with E-state index in [-0.39, 0.29) is 6.04 Å². The molecule has 0 aromatic carbocycles. The molecule has 0 amide bonds. The van der Waals surface area contributed by atoms with Gasteiger partial charge in [-0.05, 0) is 30.0 Å². The third-order valence-electron chi connectivity index (χ3n) is 2.01. The molecule has 0 radical (unpaired) electrons. The number of furan rings is 1. The standard InChI is InChI=1S/C10H11NOS/c1-7-4-9(6-13-7)10(11)8-2-3-12-5-8/h2-6,10H,11H2,1H3. The second kappa shape index (κ2) is 3.36. The highest BCUT2D eigenvalue weighted by Crippen LogP contribution is 2.24. The minimum absolute atomic E-state index is 0.0521. The number of rotatable bonds is 2. The van der Waals surface area contributed by atoms with E-state index in [1.165, 1.54) is 4.88 Å². The highest BCUT2D eigenvalue weighted by atomic mass is 32.1. The SMILES string of the molecule is Cc1cc(C(N)c2ccoc2)cs1. The summed E-state index contributed by atoms with van der Waals surface area (Å²) in [6.07, 6.45) is 3.34. The Balaban J connectivity index is 2.28. The predicted octanol–water partition coefficient (Wildman–Crippen LogP) is 2.70. The third kappa shape index (κ3) is 1.66. The fourth-order valence-corrected chi connectivity index (χ4v) is 2.01. The van der Waals surface area contributed by atoms with Gasteiger partial charge in [0.2, 0.25) is 0 Å². The minimum Gasteiger partial charge on any atom is -0.472 e. The molecular formula is C10H11NOS. The zero-order chi connectivity index (χ0) is 9.26. The van der Waals surface area contributed by atoms with Gasteiger partial charge in [-0.15, -0.1) is 11.3 Å². The lowest BCUT2D eigenvalue weighted by molar-refractivity contribution is 0.562. The Kier molecular flexibility index (Phi) is 2.20. The molecule has 0 saturated heterocycles. The summed E-state index contributed by atoms with van der Waals surface area (Å²) in [6, 6.07) is 3.96. The average Bonchev–Trinajstić information content (AvgIpc) is 2.72. The molecule has 0 saturated carbocycles. The first kappa shape index (κ1) is 8.53. The van der Waals surface area contributed by atoms with E-state index < -0.39 is 0 Å². The molecule has 0 aliphatic heterocycles. The molecule has 0 aliphatic carbocycles. The van der Waals surface area contributed by atoms with Crippen LogP contribution in [0.15, 0.2) is 34.5 Å². The Bertz CT molecular complexity index is 377. The van der Waals surface area contributed by atoms with Crippen LogP contribution in [-0.4, -0.2) is 0 Å². The van der Waals surface area contributed by atoms with Gasteiger partial charge in [0.1, 0.15) is 0 Å². The van der Waals surface area contributed by atoms with Crippen molar-refractivity contribution in [3.05, 3.63) is 46.0 Å². The molecule has 1 unspecified atom stereocenters. The Hall–Kier alpha value is -1.06. The summed E-state index contributed by atoms with van der Waals surface area (Å²) in [4.78, 5) is 1.29. The Morgan fingerprint density at radius 2 is 2.31 bits per heavy atom. The fourth-order valence-electron chi connectivity index (χ4n) is 1.27. The predicted molar refractivity (Wildman–Crippen MR) is 53.8 cm³/mol. The summed E-state index contributed by atoms with van der Waals surface area (Å²) in [7, 11) is 0. The van der Waals surface area contributed by atoms with Crippen LogP contribution in [0.5, 0.6) is 0 Å². The Labute approximate surface area is 81.0 Å². The summed E-state index contributed by atoms with van der Waals surface area (Å²) in [5, 5.41) is 2.09. The van der Waals surface area contributed by atoms with Gasteiger partial charge < -0.3 is 10.2 Å². The molecule has 1 atom stereocenters. The molecule has 68 valence electrons. The van der Waals surface area contributed by atoms with Gasteiger partial charge in [-0.2, -0.15) is 0 Å². The van der Waals surface area contributed by atoms with Crippen molar-refractivity contribution in [2.75, 3.05) is 0 Å². The average molecular weight is 193 g/mol. The van der Waals surface area contributed by atoms with Crippen molar-refractivity contribution in [3.63, 3.8) is 0 Å². The minimum atomic E-state index is -0.0521. The highest BCUT2D eigenvalue weighted by molar-refractivity contribution is 7.10. The van der Waals surface area contributed by atoms with Crippen LogP contribution >= 0.6 is 11.3 Å². The maximum atomic E-state index is 6.02.